The van der Waals surface area contributed by atoms with Gasteiger partial charge in [0, 0.05) is 18.8 Å². The molecule has 0 spiro atoms. The maximum Gasteiger partial charge on any atom is 0.134 e. The fourth-order valence-electron chi connectivity index (χ4n) is 1.91. The maximum atomic E-state index is 5.85. The molecule has 0 unspecified atom stereocenters. The van der Waals surface area contributed by atoms with Crippen molar-refractivity contribution in [3.05, 3.63) is 57.8 Å². The zero-order chi connectivity index (χ0) is 15.2. The number of nitrogens with zero attached hydrogens (tertiary/aromatic N) is 1. The SMILES string of the molecule is Cc1cccnc1COc1ccc(CNC(C)C)cc1Br. The first-order chi connectivity index (χ1) is 10.1. The van der Waals surface area contributed by atoms with Gasteiger partial charge in [-0.15, -0.1) is 0 Å². The van der Waals surface area contributed by atoms with Gasteiger partial charge in [0.05, 0.1) is 10.2 Å². The summed E-state index contributed by atoms with van der Waals surface area (Å²) < 4.78 is 6.83. The van der Waals surface area contributed by atoms with E-state index in [0.717, 1.165) is 28.0 Å². The van der Waals surface area contributed by atoms with Crippen molar-refractivity contribution in [1.82, 2.24) is 10.3 Å². The average molecular weight is 349 g/mol. The van der Waals surface area contributed by atoms with E-state index >= 15 is 0 Å². The number of rotatable bonds is 6. The fourth-order valence-corrected chi connectivity index (χ4v) is 2.45. The van der Waals surface area contributed by atoms with Crippen molar-refractivity contribution in [2.45, 2.75) is 40.0 Å². The molecule has 0 bridgehead atoms. The topological polar surface area (TPSA) is 34.1 Å². The van der Waals surface area contributed by atoms with Gasteiger partial charge >= 0.3 is 0 Å². The molecule has 0 saturated heterocycles. The van der Waals surface area contributed by atoms with E-state index < -0.39 is 0 Å². The summed E-state index contributed by atoms with van der Waals surface area (Å²) in [6, 6.07) is 10.6. The Labute approximate surface area is 134 Å². The Kier molecular flexibility index (Phi) is 5.76. The summed E-state index contributed by atoms with van der Waals surface area (Å²) in [5.74, 6) is 0.841. The largest absolute Gasteiger partial charge is 0.486 e. The molecule has 1 heterocycles. The minimum absolute atomic E-state index is 0.479. The number of aryl methyl sites for hydroxylation is 1. The van der Waals surface area contributed by atoms with Gasteiger partial charge in [-0.2, -0.15) is 0 Å². The van der Waals surface area contributed by atoms with Crippen molar-refractivity contribution < 1.29 is 4.74 Å². The van der Waals surface area contributed by atoms with Crippen molar-refractivity contribution in [3.63, 3.8) is 0 Å². The van der Waals surface area contributed by atoms with Gasteiger partial charge in [0.2, 0.25) is 0 Å². The van der Waals surface area contributed by atoms with E-state index in [0.29, 0.717) is 12.6 Å². The lowest BCUT2D eigenvalue weighted by Gasteiger charge is -2.12. The molecule has 2 rings (SSSR count). The van der Waals surface area contributed by atoms with E-state index in [-0.39, 0.29) is 0 Å². The molecule has 1 N–H and O–H groups in total. The van der Waals surface area contributed by atoms with Crippen LogP contribution in [0.15, 0.2) is 41.0 Å². The van der Waals surface area contributed by atoms with Crippen LogP contribution in [0.25, 0.3) is 0 Å². The Morgan fingerprint density at radius 1 is 1.29 bits per heavy atom. The van der Waals surface area contributed by atoms with Crippen LogP contribution in [0.2, 0.25) is 0 Å². The number of benzene rings is 1. The van der Waals surface area contributed by atoms with Crippen LogP contribution in [-0.4, -0.2) is 11.0 Å². The highest BCUT2D eigenvalue weighted by atomic mass is 79.9. The molecule has 0 fully saturated rings. The Balaban J connectivity index is 1.99. The van der Waals surface area contributed by atoms with Crippen LogP contribution in [0.4, 0.5) is 0 Å². The quantitative estimate of drug-likeness (QED) is 0.848. The molecule has 0 aliphatic carbocycles. The number of ether oxygens (including phenoxy) is 1. The molecule has 0 saturated carbocycles. The van der Waals surface area contributed by atoms with Crippen molar-refractivity contribution >= 4 is 15.9 Å². The van der Waals surface area contributed by atoms with Crippen molar-refractivity contribution in [2.75, 3.05) is 0 Å². The third kappa shape index (κ3) is 4.83. The first kappa shape index (κ1) is 16.0. The minimum atomic E-state index is 0.479. The number of aromatic nitrogens is 1. The lowest BCUT2D eigenvalue weighted by atomic mass is 10.2. The lowest BCUT2D eigenvalue weighted by molar-refractivity contribution is 0.298. The van der Waals surface area contributed by atoms with Crippen LogP contribution in [-0.2, 0) is 13.2 Å². The Bertz CT molecular complexity index is 599. The summed E-state index contributed by atoms with van der Waals surface area (Å²) in [6.07, 6.45) is 1.79. The summed E-state index contributed by atoms with van der Waals surface area (Å²) in [7, 11) is 0. The summed E-state index contributed by atoms with van der Waals surface area (Å²) in [5, 5.41) is 3.40. The molecule has 3 nitrogen and oxygen atoms in total. The molecule has 0 aliphatic heterocycles. The fraction of sp³-hybridized carbons (Fsp3) is 0.353. The van der Waals surface area contributed by atoms with Crippen LogP contribution in [0.5, 0.6) is 5.75 Å². The highest BCUT2D eigenvalue weighted by Gasteiger charge is 2.05. The third-order valence-electron chi connectivity index (χ3n) is 3.19. The number of nitrogens with one attached hydrogen (secondary N) is 1. The predicted octanol–water partition coefficient (Wildman–Crippen LogP) is 4.23. The molecular formula is C17H21BrN2O. The monoisotopic (exact) mass is 348 g/mol. The van der Waals surface area contributed by atoms with Crippen LogP contribution < -0.4 is 10.1 Å². The van der Waals surface area contributed by atoms with Crippen molar-refractivity contribution in [1.29, 1.82) is 0 Å². The number of hydrogen-bond acceptors (Lipinski definition) is 3. The highest BCUT2D eigenvalue weighted by molar-refractivity contribution is 9.10. The predicted molar refractivity (Wildman–Crippen MR) is 89.4 cm³/mol. The normalized spacial score (nSPS) is 10.9. The van der Waals surface area contributed by atoms with E-state index in [1.165, 1.54) is 5.56 Å². The van der Waals surface area contributed by atoms with Gasteiger partial charge in [0.1, 0.15) is 12.4 Å². The molecule has 21 heavy (non-hydrogen) atoms. The third-order valence-corrected chi connectivity index (χ3v) is 3.81. The minimum Gasteiger partial charge on any atom is -0.486 e. The smallest absolute Gasteiger partial charge is 0.134 e. The molecule has 1 aromatic carbocycles. The van der Waals surface area contributed by atoms with E-state index in [1.807, 2.05) is 25.1 Å². The second-order valence-electron chi connectivity index (χ2n) is 5.36. The van der Waals surface area contributed by atoms with Crippen LogP contribution in [0.3, 0.4) is 0 Å². The van der Waals surface area contributed by atoms with E-state index in [2.05, 4.69) is 52.2 Å². The molecular weight excluding hydrogens is 328 g/mol. The molecule has 0 atom stereocenters. The Morgan fingerprint density at radius 3 is 2.76 bits per heavy atom. The molecule has 112 valence electrons. The number of hydrogen-bond donors (Lipinski definition) is 1. The molecule has 2 aromatic rings. The molecule has 0 amide bonds. The molecule has 0 aliphatic rings. The van der Waals surface area contributed by atoms with Gasteiger partial charge in [-0.05, 0) is 52.2 Å². The van der Waals surface area contributed by atoms with Gasteiger partial charge < -0.3 is 10.1 Å². The van der Waals surface area contributed by atoms with Crippen LogP contribution in [0, 0.1) is 6.92 Å². The van der Waals surface area contributed by atoms with Gasteiger partial charge in [0.25, 0.3) is 0 Å². The second kappa shape index (κ2) is 7.57. The van der Waals surface area contributed by atoms with Crippen LogP contribution >= 0.6 is 15.9 Å². The van der Waals surface area contributed by atoms with Gasteiger partial charge in [-0.3, -0.25) is 4.98 Å². The summed E-state index contributed by atoms with van der Waals surface area (Å²) in [6.45, 7) is 7.66. The van der Waals surface area contributed by atoms with Crippen molar-refractivity contribution in [2.24, 2.45) is 0 Å². The Hall–Kier alpha value is -1.39. The Morgan fingerprint density at radius 2 is 2.10 bits per heavy atom. The molecule has 1 aromatic heterocycles. The lowest BCUT2D eigenvalue weighted by Crippen LogP contribution is -2.21. The summed E-state index contributed by atoms with van der Waals surface area (Å²) >= 11 is 3.57. The molecule has 0 radical (unpaired) electrons. The van der Waals surface area contributed by atoms with Gasteiger partial charge in [-0.1, -0.05) is 26.0 Å². The molecule has 4 heteroatoms. The van der Waals surface area contributed by atoms with Gasteiger partial charge in [-0.25, -0.2) is 0 Å². The maximum absolute atomic E-state index is 5.85. The highest BCUT2D eigenvalue weighted by Crippen LogP contribution is 2.27. The zero-order valence-corrected chi connectivity index (χ0v) is 14.3. The number of halogens is 1. The zero-order valence-electron chi connectivity index (χ0n) is 12.7. The van der Waals surface area contributed by atoms with E-state index in [9.17, 15) is 0 Å². The summed E-state index contributed by atoms with van der Waals surface area (Å²) in [4.78, 5) is 4.34. The number of pyridine rings is 1. The van der Waals surface area contributed by atoms with E-state index in [4.69, 9.17) is 4.74 Å². The standard InChI is InChI=1S/C17H21BrN2O/c1-12(2)20-10-14-6-7-17(15(18)9-14)21-11-16-13(3)5-4-8-19-16/h4-9,12,20H,10-11H2,1-3H3. The van der Waals surface area contributed by atoms with Crippen molar-refractivity contribution in [3.8, 4) is 5.75 Å². The first-order valence-corrected chi connectivity index (χ1v) is 7.90. The van der Waals surface area contributed by atoms with E-state index in [1.54, 1.807) is 6.20 Å². The average Bonchev–Trinajstić information content (AvgIpc) is 2.45. The first-order valence-electron chi connectivity index (χ1n) is 7.11. The summed E-state index contributed by atoms with van der Waals surface area (Å²) in [5.41, 5.74) is 3.35. The van der Waals surface area contributed by atoms with Crippen LogP contribution in [0.1, 0.15) is 30.7 Å². The second-order valence-corrected chi connectivity index (χ2v) is 6.21. The van der Waals surface area contributed by atoms with Gasteiger partial charge in [0.15, 0.2) is 0 Å².